The third-order valence-electron chi connectivity index (χ3n) is 3.13. The van der Waals surface area contributed by atoms with Gasteiger partial charge in [0.1, 0.15) is 0 Å². The second-order valence-corrected chi connectivity index (χ2v) is 5.22. The zero-order valence-corrected chi connectivity index (χ0v) is 10.0. The van der Waals surface area contributed by atoms with E-state index in [2.05, 4.69) is 22.3 Å². The molecule has 0 aromatic carbocycles. The largest absolute Gasteiger partial charge is 0.0900 e. The van der Waals surface area contributed by atoms with Crippen molar-refractivity contribution in [3.8, 4) is 22.3 Å². The van der Waals surface area contributed by atoms with Gasteiger partial charge in [0.05, 0.1) is 0 Å². The first kappa shape index (κ1) is 11.0. The van der Waals surface area contributed by atoms with Crippen molar-refractivity contribution in [1.29, 1.82) is 0 Å². The van der Waals surface area contributed by atoms with Crippen LogP contribution in [0.25, 0.3) is 0 Å². The molecular formula is C14H18S. The van der Waals surface area contributed by atoms with E-state index in [0.717, 1.165) is 12.3 Å². The lowest BCUT2D eigenvalue weighted by molar-refractivity contribution is 0.365. The summed E-state index contributed by atoms with van der Waals surface area (Å²) >= 11 is 1.49. The SMILES string of the molecule is C(#CSC#CC1CC1)CC1CCCCC1. The molecule has 2 fully saturated rings. The van der Waals surface area contributed by atoms with Crippen molar-refractivity contribution >= 4 is 11.8 Å². The van der Waals surface area contributed by atoms with Gasteiger partial charge in [-0.2, -0.15) is 0 Å². The molecule has 2 rings (SSSR count). The van der Waals surface area contributed by atoms with Gasteiger partial charge in [0.2, 0.25) is 0 Å². The quantitative estimate of drug-likeness (QED) is 0.599. The van der Waals surface area contributed by atoms with E-state index in [9.17, 15) is 0 Å². The third kappa shape index (κ3) is 4.67. The van der Waals surface area contributed by atoms with Crippen LogP contribution in [0.4, 0.5) is 0 Å². The number of thioether (sulfide) groups is 1. The monoisotopic (exact) mass is 218 g/mol. The molecule has 2 aliphatic rings. The zero-order chi connectivity index (χ0) is 10.3. The normalized spacial score (nSPS) is 21.1. The maximum absolute atomic E-state index is 3.26. The first-order valence-corrected chi connectivity index (χ1v) is 6.91. The van der Waals surface area contributed by atoms with E-state index in [-0.39, 0.29) is 0 Å². The minimum Gasteiger partial charge on any atom is -0.0900 e. The fraction of sp³-hybridized carbons (Fsp3) is 0.714. The minimum atomic E-state index is 0.706. The number of rotatable bonds is 1. The van der Waals surface area contributed by atoms with Crippen LogP contribution in [-0.2, 0) is 0 Å². The van der Waals surface area contributed by atoms with Crippen LogP contribution < -0.4 is 0 Å². The van der Waals surface area contributed by atoms with Crippen LogP contribution in [0.3, 0.4) is 0 Å². The topological polar surface area (TPSA) is 0 Å². The molecule has 0 radical (unpaired) electrons. The molecule has 15 heavy (non-hydrogen) atoms. The van der Waals surface area contributed by atoms with E-state index in [1.807, 2.05) is 0 Å². The molecule has 1 heteroatoms. The van der Waals surface area contributed by atoms with Gasteiger partial charge in [0.25, 0.3) is 0 Å². The lowest BCUT2D eigenvalue weighted by Crippen LogP contribution is -2.04. The molecular weight excluding hydrogens is 200 g/mol. The Bertz CT molecular complexity index is 300. The molecule has 0 saturated heterocycles. The molecule has 0 spiro atoms. The van der Waals surface area contributed by atoms with Gasteiger partial charge in [-0.05, 0) is 42.1 Å². The molecule has 2 saturated carbocycles. The molecule has 0 N–H and O–H groups in total. The van der Waals surface area contributed by atoms with Crippen LogP contribution in [0, 0.1) is 34.2 Å². The number of hydrogen-bond acceptors (Lipinski definition) is 1. The summed E-state index contributed by atoms with van der Waals surface area (Å²) in [6, 6.07) is 0. The Morgan fingerprint density at radius 1 is 0.933 bits per heavy atom. The highest BCUT2D eigenvalue weighted by molar-refractivity contribution is 8.08. The Labute approximate surface area is 97.6 Å². The van der Waals surface area contributed by atoms with Gasteiger partial charge in [-0.15, -0.1) is 0 Å². The van der Waals surface area contributed by atoms with E-state index >= 15 is 0 Å². The Kier molecular flexibility index (Phi) is 4.49. The van der Waals surface area contributed by atoms with Gasteiger partial charge >= 0.3 is 0 Å². The van der Waals surface area contributed by atoms with Crippen LogP contribution in [0.5, 0.6) is 0 Å². The van der Waals surface area contributed by atoms with Crippen molar-refractivity contribution in [2.45, 2.75) is 51.4 Å². The van der Waals surface area contributed by atoms with E-state index in [1.54, 1.807) is 0 Å². The summed E-state index contributed by atoms with van der Waals surface area (Å²) in [6.45, 7) is 0. The van der Waals surface area contributed by atoms with Crippen molar-refractivity contribution in [2.75, 3.05) is 0 Å². The maximum Gasteiger partial charge on any atom is 0.0213 e. The average molecular weight is 218 g/mol. The molecule has 80 valence electrons. The van der Waals surface area contributed by atoms with Gasteiger partial charge < -0.3 is 0 Å². The lowest BCUT2D eigenvalue weighted by atomic mass is 9.87. The van der Waals surface area contributed by atoms with E-state index in [1.165, 1.54) is 56.7 Å². The maximum atomic E-state index is 3.26. The minimum absolute atomic E-state index is 0.706. The summed E-state index contributed by atoms with van der Waals surface area (Å²) in [7, 11) is 0. The molecule has 0 unspecified atom stereocenters. The molecule has 0 atom stereocenters. The van der Waals surface area contributed by atoms with Crippen LogP contribution in [0.1, 0.15) is 51.4 Å². The third-order valence-corrected chi connectivity index (χ3v) is 3.60. The summed E-state index contributed by atoms with van der Waals surface area (Å²) in [5.74, 6) is 8.05. The molecule has 0 aliphatic heterocycles. The molecule has 0 bridgehead atoms. The van der Waals surface area contributed by atoms with E-state index < -0.39 is 0 Å². The predicted octanol–water partition coefficient (Wildman–Crippen LogP) is 4.02. The second kappa shape index (κ2) is 6.14. The van der Waals surface area contributed by atoms with Crippen molar-refractivity contribution in [3.63, 3.8) is 0 Å². The van der Waals surface area contributed by atoms with Crippen molar-refractivity contribution in [1.82, 2.24) is 0 Å². The summed E-state index contributed by atoms with van der Waals surface area (Å²) in [5, 5.41) is 6.19. The van der Waals surface area contributed by atoms with Gasteiger partial charge in [0.15, 0.2) is 0 Å². The summed E-state index contributed by atoms with van der Waals surface area (Å²) < 4.78 is 0. The fourth-order valence-corrected chi connectivity index (χ4v) is 2.41. The standard InChI is InChI=1S/C14H18S/c1-2-5-13(6-3-1)7-4-11-15-12-10-14-8-9-14/h13-14H,1-3,5-9H2. The molecule has 0 nitrogen and oxygen atoms in total. The van der Waals surface area contributed by atoms with Crippen molar-refractivity contribution in [2.24, 2.45) is 11.8 Å². The Hall–Kier alpha value is -0.530. The van der Waals surface area contributed by atoms with Crippen molar-refractivity contribution in [3.05, 3.63) is 0 Å². The Balaban J connectivity index is 1.59. The van der Waals surface area contributed by atoms with Gasteiger partial charge in [-0.1, -0.05) is 31.1 Å². The molecule has 2 aliphatic carbocycles. The molecule has 0 heterocycles. The fourth-order valence-electron chi connectivity index (χ4n) is 1.98. The smallest absolute Gasteiger partial charge is 0.0213 e. The molecule has 0 aromatic heterocycles. The van der Waals surface area contributed by atoms with Gasteiger partial charge in [-0.25, -0.2) is 0 Å². The Morgan fingerprint density at radius 2 is 1.73 bits per heavy atom. The molecule has 0 amide bonds. The first-order chi connectivity index (χ1) is 7.45. The van der Waals surface area contributed by atoms with Crippen molar-refractivity contribution < 1.29 is 0 Å². The Morgan fingerprint density at radius 3 is 2.47 bits per heavy atom. The highest BCUT2D eigenvalue weighted by atomic mass is 32.2. The second-order valence-electron chi connectivity index (χ2n) is 4.61. The lowest BCUT2D eigenvalue weighted by Gasteiger charge is -2.18. The van der Waals surface area contributed by atoms with Gasteiger partial charge in [0, 0.05) is 24.1 Å². The predicted molar refractivity (Wildman–Crippen MR) is 67.1 cm³/mol. The van der Waals surface area contributed by atoms with E-state index in [4.69, 9.17) is 0 Å². The van der Waals surface area contributed by atoms with E-state index in [0.29, 0.717) is 5.92 Å². The van der Waals surface area contributed by atoms with Crippen LogP contribution in [0.15, 0.2) is 0 Å². The molecule has 0 aromatic rings. The highest BCUT2D eigenvalue weighted by Gasteiger charge is 2.17. The number of hydrogen-bond donors (Lipinski definition) is 0. The van der Waals surface area contributed by atoms with Gasteiger partial charge in [-0.3, -0.25) is 0 Å². The first-order valence-electron chi connectivity index (χ1n) is 6.09. The summed E-state index contributed by atoms with van der Waals surface area (Å²) in [6.07, 6.45) is 10.8. The van der Waals surface area contributed by atoms with Crippen LogP contribution in [-0.4, -0.2) is 0 Å². The summed E-state index contributed by atoms with van der Waals surface area (Å²) in [4.78, 5) is 0. The zero-order valence-electron chi connectivity index (χ0n) is 9.22. The highest BCUT2D eigenvalue weighted by Crippen LogP contribution is 2.28. The average Bonchev–Trinajstić information content (AvgIpc) is 3.09. The summed E-state index contributed by atoms with van der Waals surface area (Å²) in [5.41, 5.74) is 0. The van der Waals surface area contributed by atoms with Crippen LogP contribution >= 0.6 is 11.8 Å². The van der Waals surface area contributed by atoms with Crippen LogP contribution in [0.2, 0.25) is 0 Å².